The monoisotopic (exact) mass is 578 g/mol. The summed E-state index contributed by atoms with van der Waals surface area (Å²) >= 11 is 1.02. The SMILES string of the molecule is CC(=NNC(=O)c1ccc(C(=O)NCCCN2CCOCC2)s1)c1nn(C)c(-c2ccc(C(F)(F)F)cc2)c1O. The molecular weight excluding hydrogens is 549 g/mol. The maximum Gasteiger partial charge on any atom is 0.416 e. The zero-order chi connectivity index (χ0) is 28.9. The molecule has 3 N–H and O–H groups in total. The summed E-state index contributed by atoms with van der Waals surface area (Å²) in [4.78, 5) is 28.0. The van der Waals surface area contributed by atoms with Crippen LogP contribution < -0.4 is 10.7 Å². The third-order valence-electron chi connectivity index (χ3n) is 6.27. The maximum absolute atomic E-state index is 12.9. The number of aromatic hydroxyl groups is 1. The number of ether oxygens (including phenoxy) is 1. The molecule has 0 atom stereocenters. The Labute approximate surface area is 232 Å². The number of hydrogen-bond acceptors (Lipinski definition) is 8. The zero-order valence-electron chi connectivity index (χ0n) is 21.9. The Morgan fingerprint density at radius 3 is 2.40 bits per heavy atom. The Balaban J connectivity index is 1.34. The van der Waals surface area contributed by atoms with E-state index in [1.54, 1.807) is 6.07 Å². The van der Waals surface area contributed by atoms with E-state index in [1.807, 2.05) is 0 Å². The normalized spacial score (nSPS) is 14.8. The Kier molecular flexibility index (Phi) is 9.22. The van der Waals surface area contributed by atoms with Crippen molar-refractivity contribution in [2.24, 2.45) is 12.1 Å². The van der Waals surface area contributed by atoms with Gasteiger partial charge in [-0.3, -0.25) is 19.2 Å². The highest BCUT2D eigenvalue weighted by molar-refractivity contribution is 7.15. The second-order valence-electron chi connectivity index (χ2n) is 9.11. The van der Waals surface area contributed by atoms with E-state index in [-0.39, 0.29) is 33.6 Å². The first kappa shape index (κ1) is 29.2. The van der Waals surface area contributed by atoms with Crippen LogP contribution in [0.25, 0.3) is 11.3 Å². The number of morpholine rings is 1. The fourth-order valence-electron chi connectivity index (χ4n) is 4.14. The average molecular weight is 579 g/mol. The first-order valence-electron chi connectivity index (χ1n) is 12.5. The number of thiophene rings is 1. The van der Waals surface area contributed by atoms with Crippen molar-refractivity contribution in [3.05, 3.63) is 57.4 Å². The van der Waals surface area contributed by atoms with Crippen LogP contribution in [0.5, 0.6) is 5.75 Å². The van der Waals surface area contributed by atoms with Crippen molar-refractivity contribution < 1.29 is 32.6 Å². The standard InChI is InChI=1S/C26H29F3N6O4S/c1-16(21-23(36)22(34(2)33-21)17-4-6-18(7-5-17)26(27,28)29)31-32-25(38)20-9-8-19(40-20)24(37)30-10-3-11-35-12-14-39-15-13-35/h4-9,36H,3,10-15H2,1-2H3,(H,30,37)(H,32,38). The number of aryl methyl sites for hydroxylation is 1. The van der Waals surface area contributed by atoms with Crippen molar-refractivity contribution in [3.8, 4) is 17.0 Å². The number of nitrogens with one attached hydrogen (secondary N) is 2. The van der Waals surface area contributed by atoms with Crippen LogP contribution in [0.4, 0.5) is 13.2 Å². The molecule has 3 heterocycles. The van der Waals surface area contributed by atoms with Gasteiger partial charge in [-0.05, 0) is 44.2 Å². The molecule has 1 aliphatic heterocycles. The first-order chi connectivity index (χ1) is 19.0. The van der Waals surface area contributed by atoms with Crippen molar-refractivity contribution in [2.45, 2.75) is 19.5 Å². The van der Waals surface area contributed by atoms with E-state index in [0.717, 1.165) is 62.7 Å². The Hall–Kier alpha value is -3.75. The van der Waals surface area contributed by atoms with Crippen molar-refractivity contribution in [2.75, 3.05) is 39.4 Å². The fourth-order valence-corrected chi connectivity index (χ4v) is 4.95. The summed E-state index contributed by atoms with van der Waals surface area (Å²) in [5.74, 6) is -1.10. The van der Waals surface area contributed by atoms with Gasteiger partial charge in [-0.25, -0.2) is 5.43 Å². The molecular formula is C26H29F3N6O4S. The predicted molar refractivity (Wildman–Crippen MR) is 144 cm³/mol. The van der Waals surface area contributed by atoms with E-state index >= 15 is 0 Å². The highest BCUT2D eigenvalue weighted by Crippen LogP contribution is 2.35. The van der Waals surface area contributed by atoms with E-state index in [2.05, 4.69) is 25.8 Å². The van der Waals surface area contributed by atoms with Gasteiger partial charge in [-0.2, -0.15) is 23.4 Å². The zero-order valence-corrected chi connectivity index (χ0v) is 22.7. The fraction of sp³-hybridized carbons (Fsp3) is 0.385. The molecule has 0 radical (unpaired) electrons. The van der Waals surface area contributed by atoms with Gasteiger partial charge < -0.3 is 15.2 Å². The summed E-state index contributed by atoms with van der Waals surface area (Å²) in [7, 11) is 1.53. The molecule has 2 amide bonds. The second kappa shape index (κ2) is 12.6. The highest BCUT2D eigenvalue weighted by atomic mass is 32.1. The summed E-state index contributed by atoms with van der Waals surface area (Å²) in [6, 6.07) is 7.41. The summed E-state index contributed by atoms with van der Waals surface area (Å²) in [5, 5.41) is 21.8. The quantitative estimate of drug-likeness (QED) is 0.203. The van der Waals surface area contributed by atoms with E-state index in [9.17, 15) is 27.9 Å². The molecule has 0 bridgehead atoms. The van der Waals surface area contributed by atoms with E-state index in [0.29, 0.717) is 17.0 Å². The van der Waals surface area contributed by atoms with Crippen LogP contribution in [0.1, 0.15) is 43.9 Å². The summed E-state index contributed by atoms with van der Waals surface area (Å²) in [6.07, 6.45) is -3.67. The number of halogens is 3. The smallest absolute Gasteiger partial charge is 0.416 e. The minimum absolute atomic E-state index is 0.0565. The molecule has 4 rings (SSSR count). The van der Waals surface area contributed by atoms with E-state index in [1.165, 1.54) is 36.9 Å². The summed E-state index contributed by atoms with van der Waals surface area (Å²) < 4.78 is 45.3. The molecule has 1 aliphatic rings. The van der Waals surface area contributed by atoms with Crippen LogP contribution in [0, 0.1) is 0 Å². The number of aromatic nitrogens is 2. The van der Waals surface area contributed by atoms with Crippen LogP contribution in [-0.2, 0) is 18.0 Å². The van der Waals surface area contributed by atoms with Gasteiger partial charge in [-0.15, -0.1) is 11.3 Å². The molecule has 214 valence electrons. The highest BCUT2D eigenvalue weighted by Gasteiger charge is 2.30. The van der Waals surface area contributed by atoms with Gasteiger partial charge >= 0.3 is 6.18 Å². The molecule has 1 fully saturated rings. The lowest BCUT2D eigenvalue weighted by Gasteiger charge is -2.26. The van der Waals surface area contributed by atoms with Crippen LogP contribution in [0.15, 0.2) is 41.5 Å². The first-order valence-corrected chi connectivity index (χ1v) is 13.3. The van der Waals surface area contributed by atoms with Gasteiger partial charge in [0, 0.05) is 32.2 Å². The minimum Gasteiger partial charge on any atom is -0.504 e. The van der Waals surface area contributed by atoms with Gasteiger partial charge in [0.15, 0.2) is 11.4 Å². The lowest BCUT2D eigenvalue weighted by atomic mass is 10.1. The van der Waals surface area contributed by atoms with Gasteiger partial charge in [0.05, 0.1) is 34.2 Å². The lowest BCUT2D eigenvalue weighted by Crippen LogP contribution is -2.38. The number of amides is 2. The largest absolute Gasteiger partial charge is 0.504 e. The van der Waals surface area contributed by atoms with Crippen LogP contribution in [0.2, 0.25) is 0 Å². The third-order valence-corrected chi connectivity index (χ3v) is 7.35. The van der Waals surface area contributed by atoms with Crippen molar-refractivity contribution >= 4 is 28.9 Å². The number of nitrogens with zero attached hydrogens (tertiary/aromatic N) is 4. The van der Waals surface area contributed by atoms with Crippen LogP contribution >= 0.6 is 11.3 Å². The number of alkyl halides is 3. The molecule has 0 saturated carbocycles. The van der Waals surface area contributed by atoms with Crippen LogP contribution in [0.3, 0.4) is 0 Å². The third kappa shape index (κ3) is 7.06. The number of carbonyl (C=O) groups is 2. The van der Waals surface area contributed by atoms with Gasteiger partial charge in [0.2, 0.25) is 0 Å². The Morgan fingerprint density at radius 2 is 1.75 bits per heavy atom. The number of benzene rings is 1. The summed E-state index contributed by atoms with van der Waals surface area (Å²) in [6.45, 7) is 6.13. The number of rotatable bonds is 9. The number of hydrogen-bond donors (Lipinski definition) is 3. The molecule has 1 saturated heterocycles. The number of hydrazone groups is 1. The Bertz CT molecular complexity index is 1380. The molecule has 0 unspecified atom stereocenters. The molecule has 10 nitrogen and oxygen atoms in total. The van der Waals surface area contributed by atoms with Crippen molar-refractivity contribution in [1.82, 2.24) is 25.4 Å². The average Bonchev–Trinajstić information content (AvgIpc) is 3.54. The molecule has 3 aromatic rings. The van der Waals surface area contributed by atoms with E-state index in [4.69, 9.17) is 4.74 Å². The maximum atomic E-state index is 12.9. The van der Waals surface area contributed by atoms with Crippen molar-refractivity contribution in [1.29, 1.82) is 0 Å². The van der Waals surface area contributed by atoms with Crippen LogP contribution in [-0.4, -0.2) is 76.7 Å². The molecule has 1 aromatic carbocycles. The molecule has 0 aliphatic carbocycles. The molecule has 2 aromatic heterocycles. The molecule has 40 heavy (non-hydrogen) atoms. The molecule has 0 spiro atoms. The predicted octanol–water partition coefficient (Wildman–Crippen LogP) is 3.48. The van der Waals surface area contributed by atoms with E-state index < -0.39 is 17.6 Å². The second-order valence-corrected chi connectivity index (χ2v) is 10.2. The Morgan fingerprint density at radius 1 is 1.10 bits per heavy atom. The minimum atomic E-state index is -4.48. The van der Waals surface area contributed by atoms with Gasteiger partial charge in [-0.1, -0.05) is 12.1 Å². The molecule has 14 heteroatoms. The number of carbonyl (C=O) groups excluding carboxylic acids is 2. The van der Waals surface area contributed by atoms with Crippen molar-refractivity contribution in [3.63, 3.8) is 0 Å². The summed E-state index contributed by atoms with van der Waals surface area (Å²) in [5.41, 5.74) is 2.33. The van der Waals surface area contributed by atoms with Gasteiger partial charge in [0.1, 0.15) is 5.69 Å². The van der Waals surface area contributed by atoms with Gasteiger partial charge in [0.25, 0.3) is 11.8 Å². The lowest BCUT2D eigenvalue weighted by molar-refractivity contribution is -0.137. The topological polar surface area (TPSA) is 121 Å².